The Morgan fingerprint density at radius 1 is 1.09 bits per heavy atom. The number of benzene rings is 2. The Balaban J connectivity index is 2.37. The summed E-state index contributed by atoms with van der Waals surface area (Å²) < 4.78 is 40.0. The van der Waals surface area contributed by atoms with Gasteiger partial charge in [-0.1, -0.05) is 18.2 Å². The van der Waals surface area contributed by atoms with E-state index < -0.39 is 27.4 Å². The number of nitrogens with one attached hydrogen (secondary N) is 1. The van der Waals surface area contributed by atoms with E-state index in [-0.39, 0.29) is 10.9 Å². The van der Waals surface area contributed by atoms with Gasteiger partial charge in [-0.05, 0) is 49.2 Å². The van der Waals surface area contributed by atoms with E-state index in [0.717, 1.165) is 6.07 Å². The van der Waals surface area contributed by atoms with Crippen LogP contribution in [0.5, 0.6) is 0 Å². The van der Waals surface area contributed by atoms with Crippen molar-refractivity contribution in [2.45, 2.75) is 24.8 Å². The Morgan fingerprint density at radius 3 is 2.17 bits per heavy atom. The minimum absolute atomic E-state index is 0.107. The molecule has 0 aliphatic rings. The average Bonchev–Trinajstić information content (AvgIpc) is 2.46. The van der Waals surface area contributed by atoms with Crippen LogP contribution in [0.2, 0.25) is 0 Å². The van der Waals surface area contributed by atoms with Crippen LogP contribution in [0.25, 0.3) is 11.1 Å². The van der Waals surface area contributed by atoms with Crippen LogP contribution in [-0.2, 0) is 10.0 Å². The first kappa shape index (κ1) is 17.1. The highest BCUT2D eigenvalue weighted by atomic mass is 32.2. The number of hydrogen-bond acceptors (Lipinski definition) is 3. The van der Waals surface area contributed by atoms with E-state index in [4.69, 9.17) is 5.11 Å². The van der Waals surface area contributed by atoms with Gasteiger partial charge >= 0.3 is 5.97 Å². The van der Waals surface area contributed by atoms with Gasteiger partial charge in [-0.15, -0.1) is 0 Å². The second-order valence-electron chi connectivity index (χ2n) is 5.30. The van der Waals surface area contributed by atoms with Crippen LogP contribution in [0.3, 0.4) is 0 Å². The van der Waals surface area contributed by atoms with Crippen molar-refractivity contribution in [3.05, 3.63) is 53.8 Å². The highest BCUT2D eigenvalue weighted by molar-refractivity contribution is 7.89. The summed E-state index contributed by atoms with van der Waals surface area (Å²) in [5.41, 5.74) is 0.654. The maximum absolute atomic E-state index is 13.4. The van der Waals surface area contributed by atoms with Crippen molar-refractivity contribution in [3.63, 3.8) is 0 Å². The lowest BCUT2D eigenvalue weighted by molar-refractivity contribution is 0.0692. The van der Waals surface area contributed by atoms with Crippen LogP contribution in [0, 0.1) is 5.82 Å². The predicted molar refractivity (Wildman–Crippen MR) is 84.3 cm³/mol. The molecule has 2 aromatic rings. The Morgan fingerprint density at radius 2 is 1.65 bits per heavy atom. The van der Waals surface area contributed by atoms with Crippen LogP contribution < -0.4 is 4.72 Å². The van der Waals surface area contributed by atoms with Crippen LogP contribution in [0.15, 0.2) is 47.4 Å². The van der Waals surface area contributed by atoms with Crippen molar-refractivity contribution in [1.29, 1.82) is 0 Å². The van der Waals surface area contributed by atoms with Crippen LogP contribution >= 0.6 is 0 Å². The van der Waals surface area contributed by atoms with E-state index in [9.17, 15) is 17.6 Å². The van der Waals surface area contributed by atoms with Gasteiger partial charge in [0, 0.05) is 6.04 Å². The minimum atomic E-state index is -3.59. The molecule has 0 heterocycles. The normalized spacial score (nSPS) is 11.7. The molecule has 122 valence electrons. The highest BCUT2D eigenvalue weighted by Crippen LogP contribution is 2.24. The number of carboxylic acids is 1. The number of hydrogen-bond donors (Lipinski definition) is 2. The molecule has 0 amide bonds. The van der Waals surface area contributed by atoms with E-state index >= 15 is 0 Å². The van der Waals surface area contributed by atoms with E-state index in [1.165, 1.54) is 24.3 Å². The monoisotopic (exact) mass is 337 g/mol. The molecule has 7 heteroatoms. The molecular formula is C16H16FNO4S. The second-order valence-corrected chi connectivity index (χ2v) is 7.01. The lowest BCUT2D eigenvalue weighted by Crippen LogP contribution is -2.30. The van der Waals surface area contributed by atoms with Gasteiger partial charge in [-0.25, -0.2) is 22.3 Å². The molecule has 2 N–H and O–H groups in total. The van der Waals surface area contributed by atoms with Crippen molar-refractivity contribution in [2.24, 2.45) is 0 Å². The summed E-state index contributed by atoms with van der Waals surface area (Å²) >= 11 is 0. The smallest absolute Gasteiger partial charge is 0.338 e. The first-order valence-corrected chi connectivity index (χ1v) is 8.34. The molecule has 0 unspecified atom stereocenters. The molecule has 2 rings (SSSR count). The zero-order valence-electron chi connectivity index (χ0n) is 12.6. The number of carbonyl (C=O) groups is 1. The number of carboxylic acid groups (broad SMARTS) is 1. The Kier molecular flexibility index (Phi) is 4.82. The van der Waals surface area contributed by atoms with Gasteiger partial charge in [0.15, 0.2) is 0 Å². The third-order valence-corrected chi connectivity index (χ3v) is 4.76. The van der Waals surface area contributed by atoms with Crippen molar-refractivity contribution in [1.82, 2.24) is 4.72 Å². The summed E-state index contributed by atoms with van der Waals surface area (Å²) in [6.45, 7) is 3.44. The van der Waals surface area contributed by atoms with Gasteiger partial charge in [-0.2, -0.15) is 0 Å². The number of aromatic carboxylic acids is 1. The molecule has 0 fully saturated rings. The maximum Gasteiger partial charge on any atom is 0.338 e. The lowest BCUT2D eigenvalue weighted by atomic mass is 10.0. The van der Waals surface area contributed by atoms with Crippen LogP contribution in [-0.4, -0.2) is 25.5 Å². The summed E-state index contributed by atoms with van der Waals surface area (Å²) in [5, 5.41) is 8.94. The summed E-state index contributed by atoms with van der Waals surface area (Å²) in [4.78, 5) is 11.1. The zero-order valence-corrected chi connectivity index (χ0v) is 13.4. The van der Waals surface area contributed by atoms with E-state index in [2.05, 4.69) is 4.72 Å². The van der Waals surface area contributed by atoms with Crippen molar-refractivity contribution in [2.75, 3.05) is 0 Å². The fourth-order valence-electron chi connectivity index (χ4n) is 2.07. The Hall–Kier alpha value is -2.25. The molecule has 5 nitrogen and oxygen atoms in total. The van der Waals surface area contributed by atoms with Gasteiger partial charge in [-0.3, -0.25) is 0 Å². The summed E-state index contributed by atoms with van der Waals surface area (Å²) in [7, 11) is -3.59. The van der Waals surface area contributed by atoms with Crippen LogP contribution in [0.4, 0.5) is 4.39 Å². The average molecular weight is 337 g/mol. The second kappa shape index (κ2) is 6.47. The van der Waals surface area contributed by atoms with Crippen molar-refractivity contribution >= 4 is 16.0 Å². The summed E-state index contributed by atoms with van der Waals surface area (Å²) in [6, 6.07) is 9.44. The van der Waals surface area contributed by atoms with Gasteiger partial charge in [0.05, 0.1) is 10.5 Å². The third-order valence-electron chi connectivity index (χ3n) is 3.09. The molecule has 0 saturated carbocycles. The van der Waals surface area contributed by atoms with E-state index in [1.54, 1.807) is 26.0 Å². The molecule has 0 bridgehead atoms. The molecule has 0 atom stereocenters. The molecule has 0 aliphatic carbocycles. The fraction of sp³-hybridized carbons (Fsp3) is 0.188. The molecule has 0 aliphatic heterocycles. The molecule has 0 saturated heterocycles. The topological polar surface area (TPSA) is 83.5 Å². The zero-order chi connectivity index (χ0) is 17.2. The molecule has 0 aromatic heterocycles. The number of rotatable bonds is 5. The standard InChI is InChI=1S/C16H16FNO4S/c1-10(2)18-23(21,22)13-6-3-11(4-7-13)12-5-8-15(17)14(9-12)16(19)20/h3-10,18H,1-2H3,(H,19,20). The molecular weight excluding hydrogens is 321 g/mol. The van der Waals surface area contributed by atoms with Crippen LogP contribution in [0.1, 0.15) is 24.2 Å². The lowest BCUT2D eigenvalue weighted by Gasteiger charge is -2.10. The number of sulfonamides is 1. The van der Waals surface area contributed by atoms with Crippen molar-refractivity contribution in [3.8, 4) is 11.1 Å². The molecule has 0 spiro atoms. The fourth-order valence-corrected chi connectivity index (χ4v) is 3.32. The highest BCUT2D eigenvalue weighted by Gasteiger charge is 2.16. The summed E-state index contributed by atoms with van der Waals surface area (Å²) in [5.74, 6) is -2.17. The SMILES string of the molecule is CC(C)NS(=O)(=O)c1ccc(-c2ccc(F)c(C(=O)O)c2)cc1. The molecule has 2 aromatic carbocycles. The van der Waals surface area contributed by atoms with Gasteiger partial charge < -0.3 is 5.11 Å². The number of halogens is 1. The Bertz CT molecular complexity index is 830. The molecule has 23 heavy (non-hydrogen) atoms. The van der Waals surface area contributed by atoms with Crippen molar-refractivity contribution < 1.29 is 22.7 Å². The first-order valence-electron chi connectivity index (χ1n) is 6.86. The van der Waals surface area contributed by atoms with E-state index in [0.29, 0.717) is 11.1 Å². The third kappa shape index (κ3) is 3.94. The van der Waals surface area contributed by atoms with E-state index in [1.807, 2.05) is 0 Å². The van der Waals surface area contributed by atoms with Gasteiger partial charge in [0.2, 0.25) is 10.0 Å². The first-order chi connectivity index (χ1) is 10.7. The predicted octanol–water partition coefficient (Wildman–Crippen LogP) is 2.88. The Labute approximate surface area is 133 Å². The quantitative estimate of drug-likeness (QED) is 0.879. The summed E-state index contributed by atoms with van der Waals surface area (Å²) in [6.07, 6.45) is 0. The largest absolute Gasteiger partial charge is 0.478 e. The minimum Gasteiger partial charge on any atom is -0.478 e. The van der Waals surface area contributed by atoms with Gasteiger partial charge in [0.25, 0.3) is 0 Å². The van der Waals surface area contributed by atoms with Gasteiger partial charge in [0.1, 0.15) is 5.82 Å². The molecule has 0 radical (unpaired) electrons. The maximum atomic E-state index is 13.4.